The molecule has 1 radical (unpaired) electrons. The van der Waals surface area contributed by atoms with Crippen LogP contribution < -0.4 is 67.4 Å². The van der Waals surface area contributed by atoms with E-state index in [0.29, 0.717) is 0 Å². The first-order chi connectivity index (χ1) is 10.7. The van der Waals surface area contributed by atoms with Crippen molar-refractivity contribution in [2.24, 2.45) is 11.5 Å². The maximum atomic E-state index is 8.49. The molecular weight excluding hydrogens is 490 g/mol. The Morgan fingerprint density at radius 3 is 0.630 bits per heavy atom. The van der Waals surface area contributed by atoms with Crippen LogP contribution in [-0.4, -0.2) is 22.8 Å². The van der Waals surface area contributed by atoms with E-state index in [1.807, 2.05) is 27.7 Å². The van der Waals surface area contributed by atoms with Gasteiger partial charge in [-0.15, -0.1) is 30.7 Å². The first-order valence-corrected chi connectivity index (χ1v) is 9.41. The van der Waals surface area contributed by atoms with Crippen LogP contribution in [-0.2, 0) is 17.4 Å². The van der Waals surface area contributed by atoms with Crippen LogP contribution in [0.3, 0.4) is 0 Å². The van der Waals surface area contributed by atoms with Gasteiger partial charge in [0.15, 0.2) is 0 Å². The molecular formula is C8H22Cl3CrN2O13. The summed E-state index contributed by atoms with van der Waals surface area (Å²) in [7, 11) is -14.8. The van der Waals surface area contributed by atoms with Gasteiger partial charge in [-0.2, -0.15) is 0 Å². The summed E-state index contributed by atoms with van der Waals surface area (Å²) in [6.45, 7) is 9.62. The molecule has 0 heterocycles. The monoisotopic (exact) mass is 511 g/mol. The molecule has 5 N–H and O–H groups in total. The van der Waals surface area contributed by atoms with Gasteiger partial charge in [-0.05, 0) is 34.6 Å². The molecule has 0 aliphatic rings. The first-order valence-electron chi connectivity index (χ1n) is 5.70. The number of aliphatic hydroxyl groups is 1. The second-order valence-corrected chi connectivity index (χ2v) is 7.16. The summed E-state index contributed by atoms with van der Waals surface area (Å²) >= 11 is 0. The van der Waals surface area contributed by atoms with Gasteiger partial charge < -0.3 is 16.6 Å². The molecule has 27 heavy (non-hydrogen) atoms. The predicted molar refractivity (Wildman–Crippen MR) is 49.3 cm³/mol. The first kappa shape index (κ1) is 42.0. The SMILES string of the molecule is CC(C)(N)C(C)(C)N.CCO.[Cr+3].[O-][Cl+3]([O-])([O-])[O-].[O-][Cl+3]([O-])([O-])[O-].[O-][Cl+3]([O-])([O-])[O-]. The Kier molecular flexibility index (Phi) is 27.5. The Morgan fingerprint density at radius 1 is 0.593 bits per heavy atom. The number of halogens is 3. The molecule has 0 aromatic heterocycles. The topological polar surface area (TPSA) is 349 Å². The van der Waals surface area contributed by atoms with E-state index in [1.165, 1.54) is 0 Å². The van der Waals surface area contributed by atoms with Gasteiger partial charge in [0, 0.05) is 17.7 Å². The summed E-state index contributed by atoms with van der Waals surface area (Å²) in [5, 5.41) is 7.57. The van der Waals surface area contributed by atoms with Gasteiger partial charge in [-0.25, -0.2) is 55.9 Å². The maximum Gasteiger partial charge on any atom is 3.00 e. The number of hydrogen-bond donors (Lipinski definition) is 3. The Labute approximate surface area is 173 Å². The van der Waals surface area contributed by atoms with Crippen LogP contribution in [0.4, 0.5) is 0 Å². The van der Waals surface area contributed by atoms with Crippen molar-refractivity contribution in [1.82, 2.24) is 0 Å². The molecule has 169 valence electrons. The second-order valence-electron chi connectivity index (χ2n) is 4.89. The Bertz CT molecular complexity index is 251. The smallest absolute Gasteiger partial charge is 0.397 e. The minimum atomic E-state index is -4.94. The van der Waals surface area contributed by atoms with Crippen molar-refractivity contribution in [3.63, 3.8) is 0 Å². The number of nitrogens with two attached hydrogens (primary N) is 2. The largest absolute Gasteiger partial charge is 3.00 e. The molecule has 0 saturated carbocycles. The van der Waals surface area contributed by atoms with E-state index >= 15 is 0 Å². The molecule has 0 bridgehead atoms. The molecule has 0 aromatic rings. The zero-order valence-electron chi connectivity index (χ0n) is 14.8. The van der Waals surface area contributed by atoms with Gasteiger partial charge in [0.25, 0.3) is 0 Å². The van der Waals surface area contributed by atoms with Crippen molar-refractivity contribution in [3.8, 4) is 0 Å². The molecule has 0 aliphatic heterocycles. The molecule has 0 unspecified atom stereocenters. The van der Waals surface area contributed by atoms with Crippen LogP contribution in [0.15, 0.2) is 0 Å². The summed E-state index contributed by atoms with van der Waals surface area (Å²) in [4.78, 5) is 0. The van der Waals surface area contributed by atoms with E-state index in [1.54, 1.807) is 6.92 Å². The molecule has 0 atom stereocenters. The van der Waals surface area contributed by atoms with Crippen LogP contribution in [0.2, 0.25) is 0 Å². The third kappa shape index (κ3) is 172. The standard InChI is InChI=1S/C6H16N2.C2H6O.3ClHO4.Cr/c1-5(2,7)6(3,4)8;1-2-3;3*2-1(3,4)5;/h7-8H2,1-4H3;3H,2H2,1H3;3*(H,2,3,4,5);/q;;;;;+3/p-3. The molecule has 0 saturated heterocycles. The summed E-state index contributed by atoms with van der Waals surface area (Å²) < 4.78 is 102. The Hall–Kier alpha value is 0.802. The molecule has 0 fully saturated rings. The van der Waals surface area contributed by atoms with E-state index in [4.69, 9.17) is 72.5 Å². The van der Waals surface area contributed by atoms with E-state index in [2.05, 4.69) is 0 Å². The fourth-order valence-electron chi connectivity index (χ4n) is 0. The average Bonchev–Trinajstić information content (AvgIpc) is 2.04. The van der Waals surface area contributed by atoms with E-state index in [0.717, 1.165) is 0 Å². The molecule has 0 aliphatic carbocycles. The number of aliphatic hydroxyl groups excluding tert-OH is 1. The summed E-state index contributed by atoms with van der Waals surface area (Å²) in [5.41, 5.74) is 10.8. The Morgan fingerprint density at radius 2 is 0.630 bits per heavy atom. The minimum absolute atomic E-state index is 0. The van der Waals surface area contributed by atoms with Crippen LogP contribution in [0.5, 0.6) is 0 Å². The van der Waals surface area contributed by atoms with Crippen molar-refractivity contribution >= 4 is 0 Å². The summed E-state index contributed by atoms with van der Waals surface area (Å²) in [6, 6.07) is 0. The maximum absolute atomic E-state index is 8.49. The van der Waals surface area contributed by atoms with Gasteiger partial charge in [0.2, 0.25) is 0 Å². The van der Waals surface area contributed by atoms with Crippen LogP contribution >= 0.6 is 0 Å². The van der Waals surface area contributed by atoms with Gasteiger partial charge in [-0.3, -0.25) is 0 Å². The molecule has 19 heteroatoms. The molecule has 15 nitrogen and oxygen atoms in total. The minimum Gasteiger partial charge on any atom is -0.397 e. The number of rotatable bonds is 1. The molecule has 0 amide bonds. The van der Waals surface area contributed by atoms with E-state index in [-0.39, 0.29) is 35.0 Å². The predicted octanol–water partition coefficient (Wildman–Crippen LogP) is -13.8. The van der Waals surface area contributed by atoms with E-state index in [9.17, 15) is 0 Å². The fraction of sp³-hybridized carbons (Fsp3) is 1.00. The van der Waals surface area contributed by atoms with Gasteiger partial charge >= 0.3 is 17.4 Å². The van der Waals surface area contributed by atoms with Crippen molar-refractivity contribution in [3.05, 3.63) is 0 Å². The van der Waals surface area contributed by atoms with Crippen molar-refractivity contribution < 1.29 is 109 Å². The zero-order valence-corrected chi connectivity index (χ0v) is 18.3. The van der Waals surface area contributed by atoms with Crippen molar-refractivity contribution in [1.29, 1.82) is 0 Å². The quantitative estimate of drug-likeness (QED) is 0.293. The van der Waals surface area contributed by atoms with Gasteiger partial charge in [0.1, 0.15) is 0 Å². The third-order valence-corrected chi connectivity index (χ3v) is 1.66. The van der Waals surface area contributed by atoms with Crippen LogP contribution in [0, 0.1) is 30.7 Å². The summed E-state index contributed by atoms with van der Waals surface area (Å²) in [6.07, 6.45) is 0. The van der Waals surface area contributed by atoms with Crippen LogP contribution in [0.1, 0.15) is 34.6 Å². The van der Waals surface area contributed by atoms with Crippen LogP contribution in [0.25, 0.3) is 0 Å². The molecule has 0 spiro atoms. The van der Waals surface area contributed by atoms with Crippen molar-refractivity contribution in [2.75, 3.05) is 6.61 Å². The summed E-state index contributed by atoms with van der Waals surface area (Å²) in [5.74, 6) is 0. The normalized spacial score (nSPS) is 11.6. The van der Waals surface area contributed by atoms with E-state index < -0.39 is 30.7 Å². The molecule has 0 rings (SSSR count). The second kappa shape index (κ2) is 17.6. The Balaban J connectivity index is -0.0000000524. The average molecular weight is 513 g/mol. The number of hydrogen-bond acceptors (Lipinski definition) is 15. The van der Waals surface area contributed by atoms with Crippen molar-refractivity contribution in [2.45, 2.75) is 45.7 Å². The third-order valence-electron chi connectivity index (χ3n) is 1.66. The van der Waals surface area contributed by atoms with Gasteiger partial charge in [-0.1, -0.05) is 0 Å². The van der Waals surface area contributed by atoms with Gasteiger partial charge in [0.05, 0.1) is 0 Å². The fourth-order valence-corrected chi connectivity index (χ4v) is 0. The zero-order chi connectivity index (χ0) is 23.2. The molecule has 0 aromatic carbocycles.